The molecule has 0 saturated carbocycles. The molecule has 3 N–H and O–H groups in total. The summed E-state index contributed by atoms with van der Waals surface area (Å²) in [5, 5.41) is 22.9. The number of carbonyl (C=O) groups excluding carboxylic acids is 1. The first-order valence-corrected chi connectivity index (χ1v) is 5.98. The van der Waals surface area contributed by atoms with Crippen LogP contribution in [-0.2, 0) is 9.59 Å². The summed E-state index contributed by atoms with van der Waals surface area (Å²) in [4.78, 5) is 22.4. The topological polar surface area (TPSA) is 102 Å². The number of carboxylic acids is 1. The van der Waals surface area contributed by atoms with Gasteiger partial charge in [0.1, 0.15) is 17.7 Å². The average molecular weight is 294 g/mol. The quantitative estimate of drug-likeness (QED) is 0.567. The van der Waals surface area contributed by atoms with Crippen LogP contribution in [-0.4, -0.2) is 23.0 Å². The molecule has 1 amide bonds. The van der Waals surface area contributed by atoms with Crippen molar-refractivity contribution in [1.29, 1.82) is 5.26 Å². The smallest absolute Gasteiger partial charge is 0.325 e. The van der Waals surface area contributed by atoms with Gasteiger partial charge in [0.25, 0.3) is 5.91 Å². The molecule has 20 heavy (non-hydrogen) atoms. The summed E-state index contributed by atoms with van der Waals surface area (Å²) in [6, 6.07) is 7.23. The van der Waals surface area contributed by atoms with Crippen molar-refractivity contribution in [1.82, 2.24) is 5.32 Å². The van der Waals surface area contributed by atoms with Gasteiger partial charge < -0.3 is 15.7 Å². The second-order valence-corrected chi connectivity index (χ2v) is 4.30. The van der Waals surface area contributed by atoms with Gasteiger partial charge in [0.05, 0.1) is 0 Å². The van der Waals surface area contributed by atoms with Crippen LogP contribution < -0.4 is 10.6 Å². The molecule has 0 fully saturated rings. The minimum Gasteiger partial charge on any atom is -0.480 e. The van der Waals surface area contributed by atoms with Crippen molar-refractivity contribution in [2.75, 3.05) is 5.32 Å². The lowest BCUT2D eigenvalue weighted by Gasteiger charge is -2.07. The van der Waals surface area contributed by atoms with Crippen LogP contribution in [0.5, 0.6) is 0 Å². The Morgan fingerprint density at radius 2 is 2.20 bits per heavy atom. The van der Waals surface area contributed by atoms with E-state index in [2.05, 4.69) is 10.6 Å². The van der Waals surface area contributed by atoms with Gasteiger partial charge in [-0.1, -0.05) is 17.7 Å². The number of rotatable bonds is 5. The lowest BCUT2D eigenvalue weighted by Crippen LogP contribution is -2.30. The van der Waals surface area contributed by atoms with Crippen molar-refractivity contribution in [3.05, 3.63) is 41.1 Å². The number of hydrogen-bond acceptors (Lipinski definition) is 4. The van der Waals surface area contributed by atoms with Gasteiger partial charge in [-0.3, -0.25) is 9.59 Å². The first kappa shape index (κ1) is 15.5. The average Bonchev–Trinajstić information content (AvgIpc) is 2.38. The predicted octanol–water partition coefficient (Wildman–Crippen LogP) is 1.75. The molecule has 0 bridgehead atoms. The summed E-state index contributed by atoms with van der Waals surface area (Å²) in [5.74, 6) is -1.74. The Morgan fingerprint density at radius 1 is 1.50 bits per heavy atom. The molecule has 1 aromatic carbocycles. The van der Waals surface area contributed by atoms with Crippen molar-refractivity contribution in [2.45, 2.75) is 13.0 Å². The minimum atomic E-state index is -1.09. The van der Waals surface area contributed by atoms with E-state index in [1.54, 1.807) is 24.3 Å². The Kier molecular flexibility index (Phi) is 5.56. The van der Waals surface area contributed by atoms with Crippen LogP contribution in [0, 0.1) is 11.3 Å². The third-order valence-electron chi connectivity index (χ3n) is 2.30. The number of nitrogens with zero attached hydrogens (tertiary/aromatic N) is 1. The molecule has 1 aromatic rings. The Hall–Kier alpha value is -2.52. The number of aliphatic carboxylic acids is 1. The van der Waals surface area contributed by atoms with Gasteiger partial charge >= 0.3 is 5.97 Å². The van der Waals surface area contributed by atoms with Crippen LogP contribution in [0.2, 0.25) is 5.02 Å². The van der Waals surface area contributed by atoms with Gasteiger partial charge in [0, 0.05) is 16.9 Å². The first-order chi connectivity index (χ1) is 9.43. The van der Waals surface area contributed by atoms with Gasteiger partial charge in [0.2, 0.25) is 0 Å². The fourth-order valence-electron chi connectivity index (χ4n) is 1.19. The summed E-state index contributed by atoms with van der Waals surface area (Å²) in [6.45, 7) is 1.39. The fourth-order valence-corrected chi connectivity index (χ4v) is 1.38. The molecule has 0 radical (unpaired) electrons. The first-order valence-electron chi connectivity index (χ1n) is 5.60. The third-order valence-corrected chi connectivity index (χ3v) is 2.53. The standard InChI is InChI=1S/C13H12ClN3O3/c1-8(13(19)20)16-7-9(6-15)12(18)17-11-4-2-3-10(14)5-11/h2-5,7-8,16H,1H3,(H,17,18)(H,19,20)/b9-7-. The molecule has 1 atom stereocenters. The normalized spacial score (nSPS) is 12.2. The lowest BCUT2D eigenvalue weighted by molar-refractivity contribution is -0.138. The van der Waals surface area contributed by atoms with E-state index in [-0.39, 0.29) is 5.57 Å². The Balaban J connectivity index is 2.75. The van der Waals surface area contributed by atoms with E-state index in [1.807, 2.05) is 0 Å². The Labute approximate surface area is 120 Å². The molecular formula is C13H12ClN3O3. The van der Waals surface area contributed by atoms with E-state index in [0.717, 1.165) is 6.20 Å². The van der Waals surface area contributed by atoms with Crippen molar-refractivity contribution in [3.8, 4) is 6.07 Å². The number of benzene rings is 1. The van der Waals surface area contributed by atoms with Crippen LogP contribution >= 0.6 is 11.6 Å². The van der Waals surface area contributed by atoms with E-state index >= 15 is 0 Å². The number of nitrogens with one attached hydrogen (secondary N) is 2. The maximum Gasteiger partial charge on any atom is 0.325 e. The fraction of sp³-hybridized carbons (Fsp3) is 0.154. The maximum absolute atomic E-state index is 11.8. The second kappa shape index (κ2) is 7.16. The molecule has 7 heteroatoms. The van der Waals surface area contributed by atoms with Gasteiger partial charge in [-0.05, 0) is 25.1 Å². The van der Waals surface area contributed by atoms with E-state index < -0.39 is 17.9 Å². The lowest BCUT2D eigenvalue weighted by atomic mass is 10.2. The molecule has 104 valence electrons. The monoisotopic (exact) mass is 293 g/mol. The second-order valence-electron chi connectivity index (χ2n) is 3.86. The zero-order valence-electron chi connectivity index (χ0n) is 10.6. The summed E-state index contributed by atoms with van der Waals surface area (Å²) in [5.41, 5.74) is 0.202. The van der Waals surface area contributed by atoms with E-state index in [9.17, 15) is 9.59 Å². The van der Waals surface area contributed by atoms with E-state index in [0.29, 0.717) is 10.7 Å². The largest absolute Gasteiger partial charge is 0.480 e. The van der Waals surface area contributed by atoms with Gasteiger partial charge in [-0.25, -0.2) is 0 Å². The Bertz CT molecular complexity index is 593. The highest BCUT2D eigenvalue weighted by atomic mass is 35.5. The molecule has 1 unspecified atom stereocenters. The van der Waals surface area contributed by atoms with Crippen molar-refractivity contribution < 1.29 is 14.7 Å². The number of halogens is 1. The van der Waals surface area contributed by atoms with Crippen LogP contribution in [0.3, 0.4) is 0 Å². The molecule has 0 saturated heterocycles. The van der Waals surface area contributed by atoms with Gasteiger partial charge in [-0.15, -0.1) is 0 Å². The zero-order chi connectivity index (χ0) is 15.1. The van der Waals surface area contributed by atoms with Crippen LogP contribution in [0.15, 0.2) is 36.0 Å². The molecule has 0 aliphatic carbocycles. The predicted molar refractivity (Wildman–Crippen MR) is 74.0 cm³/mol. The molecule has 0 aliphatic rings. The van der Waals surface area contributed by atoms with E-state index in [4.69, 9.17) is 22.0 Å². The van der Waals surface area contributed by atoms with Crippen LogP contribution in [0.25, 0.3) is 0 Å². The van der Waals surface area contributed by atoms with Gasteiger partial charge in [0.15, 0.2) is 0 Å². The number of hydrogen-bond donors (Lipinski definition) is 3. The van der Waals surface area contributed by atoms with E-state index in [1.165, 1.54) is 13.0 Å². The molecule has 0 heterocycles. The highest BCUT2D eigenvalue weighted by molar-refractivity contribution is 6.31. The number of carbonyl (C=O) groups is 2. The number of anilines is 1. The molecule has 0 aliphatic heterocycles. The SMILES string of the molecule is CC(N/C=C(/C#N)C(=O)Nc1cccc(Cl)c1)C(=O)O. The molecule has 0 aromatic heterocycles. The van der Waals surface area contributed by atoms with Gasteiger partial charge in [-0.2, -0.15) is 5.26 Å². The molecule has 6 nitrogen and oxygen atoms in total. The highest BCUT2D eigenvalue weighted by Gasteiger charge is 2.12. The summed E-state index contributed by atoms with van der Waals surface area (Å²) >= 11 is 5.77. The molecule has 1 rings (SSSR count). The number of nitriles is 1. The number of carboxylic acid groups (broad SMARTS) is 1. The zero-order valence-corrected chi connectivity index (χ0v) is 11.3. The number of amides is 1. The summed E-state index contributed by atoms with van der Waals surface area (Å²) < 4.78 is 0. The summed E-state index contributed by atoms with van der Waals surface area (Å²) in [6.07, 6.45) is 1.07. The Morgan fingerprint density at radius 3 is 2.75 bits per heavy atom. The highest BCUT2D eigenvalue weighted by Crippen LogP contribution is 2.15. The molecule has 0 spiro atoms. The van der Waals surface area contributed by atoms with Crippen molar-refractivity contribution in [3.63, 3.8) is 0 Å². The van der Waals surface area contributed by atoms with Crippen LogP contribution in [0.4, 0.5) is 5.69 Å². The third kappa shape index (κ3) is 4.63. The summed E-state index contributed by atoms with van der Waals surface area (Å²) in [7, 11) is 0. The van der Waals surface area contributed by atoms with Crippen LogP contribution in [0.1, 0.15) is 6.92 Å². The van der Waals surface area contributed by atoms with Crippen molar-refractivity contribution >= 4 is 29.2 Å². The minimum absolute atomic E-state index is 0.238. The maximum atomic E-state index is 11.8. The van der Waals surface area contributed by atoms with Crippen molar-refractivity contribution in [2.24, 2.45) is 0 Å². The molecular weight excluding hydrogens is 282 g/mol.